The van der Waals surface area contributed by atoms with Gasteiger partial charge in [0.1, 0.15) is 34.4 Å². The van der Waals surface area contributed by atoms with Gasteiger partial charge in [0.2, 0.25) is 5.88 Å². The normalized spacial score (nSPS) is 20.1. The van der Waals surface area contributed by atoms with Crippen molar-refractivity contribution in [2.24, 2.45) is 0 Å². The molecule has 0 bridgehead atoms. The molecule has 37 heavy (non-hydrogen) atoms. The maximum atomic E-state index is 14.9. The minimum atomic E-state index is -3.12. The van der Waals surface area contributed by atoms with Crippen molar-refractivity contribution >= 4 is 11.2 Å². The van der Waals surface area contributed by atoms with E-state index in [0.717, 1.165) is 30.5 Å². The van der Waals surface area contributed by atoms with Crippen LogP contribution in [-0.2, 0) is 4.74 Å². The highest BCUT2D eigenvalue weighted by Gasteiger charge is 2.31. The summed E-state index contributed by atoms with van der Waals surface area (Å²) in [5, 5.41) is 4.45. The minimum Gasteiger partial charge on any atom is -0.415 e. The first kappa shape index (κ1) is 23.7. The van der Waals surface area contributed by atoms with Gasteiger partial charge in [-0.2, -0.15) is 13.9 Å². The van der Waals surface area contributed by atoms with E-state index in [2.05, 4.69) is 29.8 Å². The van der Waals surface area contributed by atoms with E-state index in [1.165, 1.54) is 13.0 Å². The number of aromatic nitrogens is 6. The van der Waals surface area contributed by atoms with Gasteiger partial charge in [0, 0.05) is 35.9 Å². The molecule has 12 heteroatoms. The van der Waals surface area contributed by atoms with E-state index >= 15 is 0 Å². The van der Waals surface area contributed by atoms with Gasteiger partial charge in [0.25, 0.3) is 0 Å². The van der Waals surface area contributed by atoms with Crippen LogP contribution in [0.15, 0.2) is 30.6 Å². The summed E-state index contributed by atoms with van der Waals surface area (Å²) in [6.45, 7) is -1.20. The van der Waals surface area contributed by atoms with Crippen molar-refractivity contribution in [3.05, 3.63) is 59.3 Å². The maximum Gasteiger partial charge on any atom is 0.388 e. The molecular weight excluding hydrogens is 492 g/mol. The van der Waals surface area contributed by atoms with E-state index in [0.29, 0.717) is 31.3 Å². The number of alkyl halides is 2. The summed E-state index contributed by atoms with van der Waals surface area (Å²) in [4.78, 5) is 17.6. The second-order valence-corrected chi connectivity index (χ2v) is 9.29. The zero-order valence-electron chi connectivity index (χ0n) is 19.7. The van der Waals surface area contributed by atoms with Crippen molar-refractivity contribution in [3.8, 4) is 17.1 Å². The predicted octanol–water partition coefficient (Wildman–Crippen LogP) is 5.44. The molecular formula is C25H22F4N6O2. The number of halogens is 4. The monoisotopic (exact) mass is 514 g/mol. The molecule has 1 saturated heterocycles. The molecule has 0 radical (unpaired) electrons. The number of fused-ring (bicyclic) bond motifs is 1. The molecule has 0 N–H and O–H groups in total. The fraction of sp³-hybridized carbons (Fsp3) is 0.400. The topological polar surface area (TPSA) is 87.8 Å². The average molecular weight is 514 g/mol. The summed E-state index contributed by atoms with van der Waals surface area (Å²) >= 11 is 0. The third-order valence-corrected chi connectivity index (χ3v) is 6.63. The molecule has 2 atom stereocenters. The Kier molecular flexibility index (Phi) is 5.98. The lowest BCUT2D eigenvalue weighted by Crippen LogP contribution is -2.20. The summed E-state index contributed by atoms with van der Waals surface area (Å²) in [6, 6.07) is 3.49. The Morgan fingerprint density at radius 1 is 1.08 bits per heavy atom. The molecule has 2 fully saturated rings. The van der Waals surface area contributed by atoms with Crippen molar-refractivity contribution in [1.82, 2.24) is 29.7 Å². The highest BCUT2D eigenvalue weighted by atomic mass is 19.3. The Balaban J connectivity index is 1.42. The molecule has 1 aliphatic carbocycles. The van der Waals surface area contributed by atoms with Gasteiger partial charge in [-0.1, -0.05) is 0 Å². The van der Waals surface area contributed by atoms with Gasteiger partial charge in [-0.05, 0) is 44.7 Å². The van der Waals surface area contributed by atoms with Crippen LogP contribution in [0, 0.1) is 18.6 Å². The Hall–Kier alpha value is -3.67. The molecule has 4 heterocycles. The molecule has 0 unspecified atom stereocenters. The van der Waals surface area contributed by atoms with Crippen LogP contribution in [0.2, 0.25) is 0 Å². The number of hydrogen-bond acceptors (Lipinski definition) is 7. The molecule has 1 saturated carbocycles. The van der Waals surface area contributed by atoms with Crippen LogP contribution >= 0.6 is 0 Å². The fourth-order valence-electron chi connectivity index (χ4n) is 4.60. The molecule has 1 aliphatic heterocycles. The van der Waals surface area contributed by atoms with Crippen LogP contribution < -0.4 is 4.74 Å². The van der Waals surface area contributed by atoms with Crippen molar-refractivity contribution < 1.29 is 27.0 Å². The highest BCUT2D eigenvalue weighted by molar-refractivity contribution is 5.87. The number of hydrogen-bond donors (Lipinski definition) is 0. The molecule has 0 spiro atoms. The van der Waals surface area contributed by atoms with E-state index < -0.39 is 24.1 Å². The first-order valence-electron chi connectivity index (χ1n) is 12.0. The Morgan fingerprint density at radius 3 is 2.68 bits per heavy atom. The molecule has 1 aromatic carbocycles. The van der Waals surface area contributed by atoms with Crippen LogP contribution in [0.3, 0.4) is 0 Å². The second-order valence-electron chi connectivity index (χ2n) is 9.29. The van der Waals surface area contributed by atoms with Gasteiger partial charge >= 0.3 is 6.61 Å². The quantitative estimate of drug-likeness (QED) is 0.317. The fourth-order valence-corrected chi connectivity index (χ4v) is 4.60. The van der Waals surface area contributed by atoms with E-state index in [4.69, 9.17) is 4.74 Å². The lowest BCUT2D eigenvalue weighted by atomic mass is 9.92. The third-order valence-electron chi connectivity index (χ3n) is 6.63. The summed E-state index contributed by atoms with van der Waals surface area (Å²) in [7, 11) is 0. The van der Waals surface area contributed by atoms with Crippen LogP contribution in [-0.4, -0.2) is 42.9 Å². The zero-order chi connectivity index (χ0) is 25.7. The first-order valence-corrected chi connectivity index (χ1v) is 12.0. The lowest BCUT2D eigenvalue weighted by molar-refractivity contribution is -0.0534. The van der Waals surface area contributed by atoms with E-state index in [1.54, 1.807) is 0 Å². The van der Waals surface area contributed by atoms with Crippen LogP contribution in [0.5, 0.6) is 5.88 Å². The first-order chi connectivity index (χ1) is 17.9. The van der Waals surface area contributed by atoms with E-state index in [1.807, 2.05) is 17.1 Å². The van der Waals surface area contributed by atoms with Crippen LogP contribution in [0.1, 0.15) is 60.8 Å². The van der Waals surface area contributed by atoms with Crippen molar-refractivity contribution in [3.63, 3.8) is 0 Å². The van der Waals surface area contributed by atoms with E-state index in [-0.39, 0.29) is 40.1 Å². The summed E-state index contributed by atoms with van der Waals surface area (Å²) in [5.41, 5.74) is 1.11. The second kappa shape index (κ2) is 9.33. The molecule has 6 rings (SSSR count). The smallest absolute Gasteiger partial charge is 0.388 e. The van der Waals surface area contributed by atoms with Gasteiger partial charge < -0.3 is 9.47 Å². The van der Waals surface area contributed by atoms with Gasteiger partial charge in [-0.15, -0.1) is 0 Å². The lowest BCUT2D eigenvalue weighted by Gasteiger charge is -2.28. The number of nitrogens with zero attached hydrogens (tertiary/aromatic N) is 6. The molecule has 0 amide bonds. The number of aryl methyl sites for hydroxylation is 1. The highest BCUT2D eigenvalue weighted by Crippen LogP contribution is 2.40. The Morgan fingerprint density at radius 2 is 1.92 bits per heavy atom. The SMILES string of the molecule is Cc1nc2nc([C@@H]3CCO[C@@H](c4cnn(C5CC5)c4)C3)nc(-c3ccc(F)cc3F)c2nc1OC(F)F. The van der Waals surface area contributed by atoms with Crippen LogP contribution in [0.4, 0.5) is 17.6 Å². The van der Waals surface area contributed by atoms with Crippen molar-refractivity contribution in [2.75, 3.05) is 6.61 Å². The van der Waals surface area contributed by atoms with Crippen molar-refractivity contribution in [2.45, 2.75) is 57.3 Å². The zero-order valence-corrected chi connectivity index (χ0v) is 19.7. The van der Waals surface area contributed by atoms with Crippen LogP contribution in [0.25, 0.3) is 22.4 Å². The van der Waals surface area contributed by atoms with E-state index in [9.17, 15) is 17.6 Å². The van der Waals surface area contributed by atoms with Gasteiger partial charge in [-0.25, -0.2) is 28.7 Å². The number of rotatable bonds is 6. The molecule has 8 nitrogen and oxygen atoms in total. The number of ether oxygens (including phenoxy) is 2. The Bertz CT molecular complexity index is 1480. The largest absolute Gasteiger partial charge is 0.415 e. The van der Waals surface area contributed by atoms with Gasteiger partial charge in [0.15, 0.2) is 5.65 Å². The molecule has 2 aliphatic rings. The Labute approximate surface area is 208 Å². The van der Waals surface area contributed by atoms with Gasteiger partial charge in [0.05, 0.1) is 18.3 Å². The van der Waals surface area contributed by atoms with Crippen molar-refractivity contribution in [1.29, 1.82) is 0 Å². The average Bonchev–Trinajstić information content (AvgIpc) is 3.60. The maximum absolute atomic E-state index is 14.9. The molecule has 192 valence electrons. The molecule has 4 aromatic rings. The summed E-state index contributed by atoms with van der Waals surface area (Å²) in [6.07, 6.45) is 7.01. The summed E-state index contributed by atoms with van der Waals surface area (Å²) < 4.78 is 66.8. The minimum absolute atomic E-state index is 0.0220. The molecule has 3 aromatic heterocycles. The standard InChI is InChI=1S/C25H22F4N6O2/c1-12-24(37-25(28)29)33-21-20(17-5-2-15(26)9-18(17)27)32-22(34-23(21)31-12)13-6-7-36-19(8-13)14-10-30-35(11-14)16-3-4-16/h2,5,9-11,13,16,19,25H,3-4,6-8H2,1H3/t13-,19-/m1/s1. The number of benzene rings is 1. The summed E-state index contributed by atoms with van der Waals surface area (Å²) in [5.74, 6) is -1.81. The predicted molar refractivity (Wildman–Crippen MR) is 123 cm³/mol. The van der Waals surface area contributed by atoms with Gasteiger partial charge in [-0.3, -0.25) is 4.68 Å². The third kappa shape index (κ3) is 4.73.